The Morgan fingerprint density at radius 3 is 1.50 bits per heavy atom. The van der Waals surface area contributed by atoms with Gasteiger partial charge in [-0.1, -0.05) is 0 Å². The van der Waals surface area contributed by atoms with Crippen molar-refractivity contribution < 1.29 is 13.0 Å². The van der Waals surface area contributed by atoms with Crippen molar-refractivity contribution in [3.63, 3.8) is 0 Å². The monoisotopic (exact) mass is 236 g/mol. The molecule has 0 aromatic heterocycles. The Morgan fingerprint density at radius 2 is 1.50 bits per heavy atom. The van der Waals surface area contributed by atoms with E-state index in [9.17, 15) is 8.42 Å². The van der Waals surface area contributed by atoms with Gasteiger partial charge in [0.25, 0.3) is 0 Å². The van der Waals surface area contributed by atoms with Crippen molar-refractivity contribution in [3.8, 4) is 0 Å². The van der Waals surface area contributed by atoms with Gasteiger partial charge in [-0.05, 0) is 0 Å². The van der Waals surface area contributed by atoms with Crippen LogP contribution in [0.4, 0.5) is 0 Å². The van der Waals surface area contributed by atoms with Gasteiger partial charge in [-0.3, -0.25) is 0 Å². The van der Waals surface area contributed by atoms with E-state index in [-0.39, 0.29) is 60.7 Å². The fraction of sp³-hybridized carbons (Fsp3) is 0. The molecule has 0 amide bonds. The summed E-state index contributed by atoms with van der Waals surface area (Å²) in [5.41, 5.74) is 0. The third-order valence-corrected chi connectivity index (χ3v) is 0. The van der Waals surface area contributed by atoms with Crippen molar-refractivity contribution in [3.05, 3.63) is 0 Å². The van der Waals surface area contributed by atoms with Crippen LogP contribution in [-0.2, 0) is 6.94 Å². The second-order valence-electron chi connectivity index (χ2n) is 0.515. The average Bonchev–Trinajstić information content (AvgIpc) is 0.722. The molecule has 0 aliphatic carbocycles. The minimum atomic E-state index is -3.54. The summed E-state index contributed by atoms with van der Waals surface area (Å²) in [6.07, 6.45) is 0. The van der Waals surface area contributed by atoms with Crippen molar-refractivity contribution in [2.75, 3.05) is 0 Å². The van der Waals surface area contributed by atoms with Crippen LogP contribution in [0, 0.1) is 0 Å². The van der Waals surface area contributed by atoms with Crippen LogP contribution in [0.1, 0.15) is 0 Å². The fourth-order valence-electron chi connectivity index (χ4n) is 0. The van der Waals surface area contributed by atoms with Crippen molar-refractivity contribution in [1.82, 2.24) is 0 Å². The van der Waals surface area contributed by atoms with Gasteiger partial charge in [0.2, 0.25) is 0 Å². The molecule has 0 rings (SSSR count). The van der Waals surface area contributed by atoms with Gasteiger partial charge in [0.1, 0.15) is 0 Å². The summed E-state index contributed by atoms with van der Waals surface area (Å²) in [6, 6.07) is 0. The minimum absolute atomic E-state index is 0. The third kappa shape index (κ3) is 36.9. The van der Waals surface area contributed by atoms with Crippen molar-refractivity contribution >= 4 is 67.6 Å². The summed E-state index contributed by atoms with van der Waals surface area (Å²) in [7, 11) is 0. The second kappa shape index (κ2) is 3.97. The SMILES string of the molecule is O=[S](=O)(O)[In].[Ca]. The van der Waals surface area contributed by atoms with E-state index in [2.05, 4.69) is 0 Å². The molecule has 4 radical (unpaired) electrons. The van der Waals surface area contributed by atoms with Gasteiger partial charge in [0.05, 0.1) is 0 Å². The molecule has 30 valence electrons. The van der Waals surface area contributed by atoms with Gasteiger partial charge in [-0.25, -0.2) is 0 Å². The maximum Gasteiger partial charge on any atom is 0 e. The summed E-state index contributed by atoms with van der Waals surface area (Å²) < 4.78 is 26.0. The molecule has 6 heteroatoms. The molecule has 0 saturated heterocycles. The fourth-order valence-corrected chi connectivity index (χ4v) is 0. The van der Waals surface area contributed by atoms with E-state index in [4.69, 9.17) is 4.55 Å². The van der Waals surface area contributed by atoms with Gasteiger partial charge in [0.15, 0.2) is 0 Å². The normalized spacial score (nSPS) is 9.50. The van der Waals surface area contributed by atoms with E-state index in [1.807, 2.05) is 0 Å². The summed E-state index contributed by atoms with van der Waals surface area (Å²) in [5, 5.41) is 0. The standard InChI is InChI=1S/Ca.In.HO3S/c;;1-4(2)3/h;;(H,1,2,3). The molecule has 0 aromatic rings. The smallest absolute Gasteiger partial charge is 0 e. The zero-order valence-corrected chi connectivity index (χ0v) is 9.28. The minimum Gasteiger partial charge on any atom is 0 e. The van der Waals surface area contributed by atoms with E-state index in [0.29, 0.717) is 0 Å². The van der Waals surface area contributed by atoms with Gasteiger partial charge >= 0.3 is 42.8 Å². The molecule has 0 heterocycles. The van der Waals surface area contributed by atoms with Gasteiger partial charge in [-0.2, -0.15) is 0 Å². The number of rotatable bonds is 0. The predicted molar refractivity (Wildman–Crippen MR) is 23.1 cm³/mol. The van der Waals surface area contributed by atoms with Crippen LogP contribution < -0.4 is 0 Å². The Kier molecular flexibility index (Phi) is 7.23. The number of hydrogen-bond donors (Lipinski definition) is 1. The van der Waals surface area contributed by atoms with Crippen LogP contribution >= 0.6 is 0 Å². The molecule has 0 atom stereocenters. The second-order valence-corrected chi connectivity index (χ2v) is 6.65. The molecule has 0 aliphatic rings. The zero-order chi connectivity index (χ0) is 4.50. The van der Waals surface area contributed by atoms with Crippen LogP contribution in [0.15, 0.2) is 0 Å². The van der Waals surface area contributed by atoms with Gasteiger partial charge in [0, 0.05) is 37.7 Å². The van der Waals surface area contributed by atoms with E-state index >= 15 is 0 Å². The quantitative estimate of drug-likeness (QED) is 0.414. The van der Waals surface area contributed by atoms with Crippen LogP contribution in [0.25, 0.3) is 0 Å². The molecule has 0 saturated carbocycles. The molecule has 1 N–H and O–H groups in total. The van der Waals surface area contributed by atoms with E-state index < -0.39 is 6.94 Å². The molecular weight excluding hydrogens is 235 g/mol. The van der Waals surface area contributed by atoms with Gasteiger partial charge < -0.3 is 0 Å². The van der Waals surface area contributed by atoms with E-state index in [0.717, 1.165) is 0 Å². The van der Waals surface area contributed by atoms with Crippen LogP contribution in [0.3, 0.4) is 0 Å². The summed E-state index contributed by atoms with van der Waals surface area (Å²) in [5.74, 6) is 0. The van der Waals surface area contributed by atoms with Crippen molar-refractivity contribution in [2.45, 2.75) is 0 Å². The van der Waals surface area contributed by atoms with Gasteiger partial charge in [-0.15, -0.1) is 0 Å². The van der Waals surface area contributed by atoms with E-state index in [1.54, 1.807) is 0 Å². The maximum atomic E-state index is 9.25. The maximum absolute atomic E-state index is 9.25. The molecule has 0 aliphatic heterocycles. The third-order valence-electron chi connectivity index (χ3n) is 0. The Hall–Kier alpha value is 2.04. The number of hydrogen-bond acceptors (Lipinski definition) is 2. The molecule has 6 heavy (non-hydrogen) atoms. The molecule has 3 nitrogen and oxygen atoms in total. The first-order valence-electron chi connectivity index (χ1n) is 0.752. The summed E-state index contributed by atoms with van der Waals surface area (Å²) >= 11 is -0.108. The molecule has 0 spiro atoms. The zero-order valence-electron chi connectivity index (χ0n) is 2.96. The topological polar surface area (TPSA) is 54.4 Å². The summed E-state index contributed by atoms with van der Waals surface area (Å²) in [4.78, 5) is 0. The Labute approximate surface area is 79.1 Å². The van der Waals surface area contributed by atoms with Crippen LogP contribution in [0.2, 0.25) is 0 Å². The van der Waals surface area contributed by atoms with E-state index in [1.165, 1.54) is 0 Å². The Bertz CT molecular complexity index is 94.0. The first kappa shape index (κ1) is 10.9. The first-order chi connectivity index (χ1) is 2.00. The summed E-state index contributed by atoms with van der Waals surface area (Å²) in [6.45, 7) is -3.54. The van der Waals surface area contributed by atoms with Crippen LogP contribution in [-0.4, -0.2) is 73.6 Å². The molecule has 0 fully saturated rings. The van der Waals surface area contributed by atoms with Crippen molar-refractivity contribution in [2.24, 2.45) is 0 Å². The van der Waals surface area contributed by atoms with Crippen LogP contribution in [0.5, 0.6) is 0 Å². The molecule has 0 bridgehead atoms. The largest absolute Gasteiger partial charge is 0 e. The molecule has 0 unspecified atom stereocenters. The Morgan fingerprint density at radius 1 is 1.50 bits per heavy atom. The molecular formula is HCaInO3S. The first-order valence-corrected chi connectivity index (χ1v) is 6.29. The predicted octanol–water partition coefficient (Wildman–Crippen LogP) is -1.42. The van der Waals surface area contributed by atoms with Crippen molar-refractivity contribution in [1.29, 1.82) is 0 Å². The molecule has 0 aromatic carbocycles. The average molecular weight is 236 g/mol. The Balaban J connectivity index is 0.